The van der Waals surface area contributed by atoms with Crippen molar-refractivity contribution in [1.82, 2.24) is 19.5 Å². The van der Waals surface area contributed by atoms with Crippen molar-refractivity contribution < 1.29 is 9.47 Å². The molecule has 7 heteroatoms. The third kappa shape index (κ3) is 6.34. The summed E-state index contributed by atoms with van der Waals surface area (Å²) in [6.07, 6.45) is 5.46. The first-order chi connectivity index (χ1) is 14.6. The van der Waals surface area contributed by atoms with Crippen LogP contribution >= 0.6 is 0 Å². The molecule has 3 rings (SSSR count). The predicted octanol–water partition coefficient (Wildman–Crippen LogP) is 5.26. The number of aryl methyl sites for hydroxylation is 1. The highest BCUT2D eigenvalue weighted by Gasteiger charge is 2.16. The summed E-state index contributed by atoms with van der Waals surface area (Å²) in [6.45, 7) is 11.2. The Morgan fingerprint density at radius 1 is 1.03 bits per heavy atom. The average molecular weight is 416 g/mol. The SMILES string of the molecule is CC.CCC.CCCCn1c(Cc2cc(OC)ccc2OC)nc2c(N)ncnc21. The zero-order chi connectivity index (χ0) is 22.5. The molecule has 0 saturated heterocycles. The summed E-state index contributed by atoms with van der Waals surface area (Å²) in [6, 6.07) is 5.75. The smallest absolute Gasteiger partial charge is 0.165 e. The van der Waals surface area contributed by atoms with Crippen LogP contribution in [-0.2, 0) is 13.0 Å². The van der Waals surface area contributed by atoms with Gasteiger partial charge in [0.25, 0.3) is 0 Å². The fourth-order valence-corrected chi connectivity index (χ4v) is 2.88. The van der Waals surface area contributed by atoms with Crippen LogP contribution in [-0.4, -0.2) is 33.7 Å². The van der Waals surface area contributed by atoms with E-state index in [1.807, 2.05) is 32.0 Å². The Morgan fingerprint density at radius 3 is 2.33 bits per heavy atom. The predicted molar refractivity (Wildman–Crippen MR) is 124 cm³/mol. The van der Waals surface area contributed by atoms with E-state index in [4.69, 9.17) is 20.2 Å². The molecule has 0 fully saturated rings. The number of aromatic nitrogens is 4. The van der Waals surface area contributed by atoms with E-state index < -0.39 is 0 Å². The van der Waals surface area contributed by atoms with Gasteiger partial charge in [-0.15, -0.1) is 0 Å². The first kappa shape index (κ1) is 25.2. The molecular weight excluding hydrogens is 378 g/mol. The number of fused-ring (bicyclic) bond motifs is 1. The molecule has 166 valence electrons. The van der Waals surface area contributed by atoms with Gasteiger partial charge < -0.3 is 19.8 Å². The van der Waals surface area contributed by atoms with Gasteiger partial charge >= 0.3 is 0 Å². The second-order valence-electron chi connectivity index (χ2n) is 6.53. The zero-order valence-corrected chi connectivity index (χ0v) is 19.5. The van der Waals surface area contributed by atoms with Crippen molar-refractivity contribution in [3.05, 3.63) is 35.9 Å². The molecule has 30 heavy (non-hydrogen) atoms. The molecule has 2 aromatic heterocycles. The summed E-state index contributed by atoms with van der Waals surface area (Å²) < 4.78 is 13.0. The molecule has 0 radical (unpaired) electrons. The second kappa shape index (κ2) is 13.4. The Balaban J connectivity index is 0.000000826. The van der Waals surface area contributed by atoms with Crippen molar-refractivity contribution in [3.8, 4) is 11.5 Å². The first-order valence-electron chi connectivity index (χ1n) is 10.8. The number of unbranched alkanes of at least 4 members (excludes halogenated alkanes) is 1. The highest BCUT2D eigenvalue weighted by Crippen LogP contribution is 2.28. The molecule has 1 aromatic carbocycles. The molecule has 0 saturated carbocycles. The highest BCUT2D eigenvalue weighted by atomic mass is 16.5. The lowest BCUT2D eigenvalue weighted by atomic mass is 10.1. The third-order valence-corrected chi connectivity index (χ3v) is 4.21. The molecule has 2 heterocycles. The Morgan fingerprint density at radius 2 is 1.73 bits per heavy atom. The molecule has 0 aliphatic rings. The molecule has 0 aliphatic carbocycles. The van der Waals surface area contributed by atoms with Gasteiger partial charge in [0.2, 0.25) is 0 Å². The number of rotatable bonds is 7. The summed E-state index contributed by atoms with van der Waals surface area (Å²) in [5.41, 5.74) is 8.42. The van der Waals surface area contributed by atoms with Crippen LogP contribution in [0.5, 0.6) is 11.5 Å². The van der Waals surface area contributed by atoms with Crippen molar-refractivity contribution in [2.45, 2.75) is 66.8 Å². The number of hydrogen-bond donors (Lipinski definition) is 1. The monoisotopic (exact) mass is 415 g/mol. The quantitative estimate of drug-likeness (QED) is 0.566. The Bertz CT molecular complexity index is 893. The molecule has 0 unspecified atom stereocenters. The van der Waals surface area contributed by atoms with Crippen LogP contribution in [0.1, 0.15) is 65.3 Å². The van der Waals surface area contributed by atoms with Crippen LogP contribution in [0.2, 0.25) is 0 Å². The van der Waals surface area contributed by atoms with Crippen molar-refractivity contribution >= 4 is 17.0 Å². The van der Waals surface area contributed by atoms with Crippen LogP contribution in [0.25, 0.3) is 11.2 Å². The van der Waals surface area contributed by atoms with E-state index in [1.54, 1.807) is 14.2 Å². The second-order valence-corrected chi connectivity index (χ2v) is 6.53. The number of nitrogens with two attached hydrogens (primary N) is 1. The molecule has 0 amide bonds. The molecular formula is C23H37N5O2. The third-order valence-electron chi connectivity index (χ3n) is 4.21. The summed E-state index contributed by atoms with van der Waals surface area (Å²) in [5.74, 6) is 2.88. The van der Waals surface area contributed by atoms with E-state index in [2.05, 4.69) is 35.3 Å². The molecule has 0 aliphatic heterocycles. The van der Waals surface area contributed by atoms with Gasteiger partial charge in [-0.05, 0) is 24.6 Å². The number of nitrogens with zero attached hydrogens (tertiary/aromatic N) is 4. The van der Waals surface area contributed by atoms with E-state index >= 15 is 0 Å². The molecule has 0 bridgehead atoms. The summed E-state index contributed by atoms with van der Waals surface area (Å²) in [5, 5.41) is 0. The van der Waals surface area contributed by atoms with Crippen molar-refractivity contribution in [3.63, 3.8) is 0 Å². The normalized spacial score (nSPS) is 9.97. The lowest BCUT2D eigenvalue weighted by Gasteiger charge is -2.12. The summed E-state index contributed by atoms with van der Waals surface area (Å²) in [4.78, 5) is 13.2. The average Bonchev–Trinajstić information content (AvgIpc) is 3.12. The minimum Gasteiger partial charge on any atom is -0.497 e. The zero-order valence-electron chi connectivity index (χ0n) is 19.5. The number of hydrogen-bond acceptors (Lipinski definition) is 6. The van der Waals surface area contributed by atoms with E-state index in [9.17, 15) is 0 Å². The number of anilines is 1. The standard InChI is InChI=1S/C18H23N5O2.C3H8.C2H6/c1-4-5-8-23-15(22-16-17(19)20-11-21-18(16)23)10-12-9-13(24-2)6-7-14(12)25-3;1-3-2;1-2/h6-7,9,11H,4-5,8,10H2,1-3H3,(H2,19,20,21);3H2,1-2H3;1-2H3. The number of methoxy groups -OCH3 is 2. The Labute approximate surface area is 180 Å². The van der Waals surface area contributed by atoms with Gasteiger partial charge in [-0.1, -0.05) is 47.5 Å². The van der Waals surface area contributed by atoms with E-state index in [1.165, 1.54) is 12.7 Å². The van der Waals surface area contributed by atoms with E-state index in [0.717, 1.165) is 47.9 Å². The van der Waals surface area contributed by atoms with Gasteiger partial charge in [-0.25, -0.2) is 15.0 Å². The molecule has 2 N–H and O–H groups in total. The van der Waals surface area contributed by atoms with Crippen LogP contribution in [0.15, 0.2) is 24.5 Å². The van der Waals surface area contributed by atoms with Gasteiger partial charge in [-0.3, -0.25) is 0 Å². The van der Waals surface area contributed by atoms with Crippen molar-refractivity contribution in [2.24, 2.45) is 0 Å². The van der Waals surface area contributed by atoms with Gasteiger partial charge in [0.15, 0.2) is 17.0 Å². The largest absolute Gasteiger partial charge is 0.497 e. The minimum absolute atomic E-state index is 0.402. The Kier molecular flexibility index (Phi) is 11.3. The highest BCUT2D eigenvalue weighted by molar-refractivity contribution is 5.81. The van der Waals surface area contributed by atoms with E-state index in [0.29, 0.717) is 17.8 Å². The Hall–Kier alpha value is -2.83. The van der Waals surface area contributed by atoms with Crippen molar-refractivity contribution in [1.29, 1.82) is 0 Å². The number of imidazole rings is 1. The number of benzene rings is 1. The summed E-state index contributed by atoms with van der Waals surface area (Å²) >= 11 is 0. The lowest BCUT2D eigenvalue weighted by Crippen LogP contribution is -2.06. The minimum atomic E-state index is 0.402. The fourth-order valence-electron chi connectivity index (χ4n) is 2.88. The molecule has 0 atom stereocenters. The maximum absolute atomic E-state index is 5.99. The molecule has 7 nitrogen and oxygen atoms in total. The molecule has 0 spiro atoms. The van der Waals surface area contributed by atoms with Crippen LogP contribution in [0, 0.1) is 0 Å². The van der Waals surface area contributed by atoms with E-state index in [-0.39, 0.29) is 0 Å². The lowest BCUT2D eigenvalue weighted by molar-refractivity contribution is 0.399. The van der Waals surface area contributed by atoms with Crippen LogP contribution in [0.4, 0.5) is 5.82 Å². The van der Waals surface area contributed by atoms with Crippen molar-refractivity contribution in [2.75, 3.05) is 20.0 Å². The van der Waals surface area contributed by atoms with Crippen LogP contribution in [0.3, 0.4) is 0 Å². The van der Waals surface area contributed by atoms with Crippen LogP contribution < -0.4 is 15.2 Å². The molecule has 3 aromatic rings. The first-order valence-corrected chi connectivity index (χ1v) is 10.8. The van der Waals surface area contributed by atoms with Gasteiger partial charge in [0.05, 0.1) is 14.2 Å². The van der Waals surface area contributed by atoms with Gasteiger partial charge in [0, 0.05) is 18.5 Å². The maximum Gasteiger partial charge on any atom is 0.165 e. The summed E-state index contributed by atoms with van der Waals surface area (Å²) in [7, 11) is 3.31. The van der Waals surface area contributed by atoms with Gasteiger partial charge in [0.1, 0.15) is 23.7 Å². The van der Waals surface area contributed by atoms with Gasteiger partial charge in [-0.2, -0.15) is 0 Å². The fraction of sp³-hybridized carbons (Fsp3) is 0.522. The maximum atomic E-state index is 5.99. The number of nitrogen functional groups attached to an aromatic ring is 1. The number of ether oxygens (including phenoxy) is 2. The topological polar surface area (TPSA) is 88.1 Å².